The Morgan fingerprint density at radius 2 is 0.941 bits per heavy atom. The maximum Gasteiger partial charge on any atom is 0.322 e. The number of guanidine groups is 3. The Morgan fingerprint density at radius 1 is 0.505 bits per heavy atom. The Hall–Kier alpha value is -9.41. The molecule has 1 aliphatic heterocycles. The molecule has 0 aromatic heterocycles. The normalized spacial score (nSPS) is 15.6. The molecule has 0 saturated carbocycles. The number of carboxylic acid groups (broad SMARTS) is 1. The monoisotopic (exact) mass is 1420 g/mol. The van der Waals surface area contributed by atoms with Crippen molar-refractivity contribution in [3.05, 3.63) is 35.9 Å². The van der Waals surface area contributed by atoms with Crippen molar-refractivity contribution >= 4 is 88.8 Å². The first kappa shape index (κ1) is 87.7. The molecule has 1 fully saturated rings. The first-order valence-corrected chi connectivity index (χ1v) is 34.8. The molecule has 1 saturated heterocycles. The summed E-state index contributed by atoms with van der Waals surface area (Å²) in [4.78, 5) is 181. The minimum Gasteiger partial charge on any atom is -0.480 e. The van der Waals surface area contributed by atoms with Crippen molar-refractivity contribution in [2.45, 2.75) is 219 Å². The van der Waals surface area contributed by atoms with Gasteiger partial charge in [-0.05, 0) is 126 Å². The van der Waals surface area contributed by atoms with Crippen LogP contribution in [0.15, 0.2) is 45.3 Å². The van der Waals surface area contributed by atoms with Gasteiger partial charge in [-0.1, -0.05) is 92.1 Å². The van der Waals surface area contributed by atoms with Crippen molar-refractivity contribution < 1.29 is 62.6 Å². The zero-order valence-electron chi connectivity index (χ0n) is 60.0. The van der Waals surface area contributed by atoms with E-state index in [-0.39, 0.29) is 132 Å². The van der Waals surface area contributed by atoms with Crippen LogP contribution in [0.4, 0.5) is 0 Å². The number of hydrogen-bond acceptors (Lipinski definition) is 17. The Bertz CT molecular complexity index is 2940. The lowest BCUT2D eigenvalue weighted by Crippen LogP contribution is -2.61. The molecule has 101 heavy (non-hydrogen) atoms. The number of aliphatic carboxylic acids is 1. The van der Waals surface area contributed by atoms with Crippen molar-refractivity contribution in [2.24, 2.45) is 84.5 Å². The molecule has 2 rings (SSSR count). The van der Waals surface area contributed by atoms with Crippen molar-refractivity contribution in [2.75, 3.05) is 45.8 Å². The summed E-state index contributed by atoms with van der Waals surface area (Å²) in [5.41, 5.74) is 46.4. The van der Waals surface area contributed by atoms with Crippen LogP contribution in [0.3, 0.4) is 0 Å². The molecule has 1 heterocycles. The van der Waals surface area contributed by atoms with Crippen LogP contribution < -0.4 is 99.0 Å². The van der Waals surface area contributed by atoms with E-state index in [1.165, 1.54) is 4.90 Å². The van der Waals surface area contributed by atoms with Crippen LogP contribution in [-0.4, -0.2) is 205 Å². The van der Waals surface area contributed by atoms with E-state index < -0.39 is 150 Å². The van der Waals surface area contributed by atoms with Gasteiger partial charge < -0.3 is 109 Å². The maximum atomic E-state index is 14.8. The molecule has 11 amide bonds. The zero-order valence-corrected chi connectivity index (χ0v) is 60.0. The number of amides is 11. The lowest BCUT2D eigenvalue weighted by molar-refractivity contribution is -0.143. The van der Waals surface area contributed by atoms with Crippen molar-refractivity contribution in [3.8, 4) is 0 Å². The van der Waals surface area contributed by atoms with Crippen LogP contribution >= 0.6 is 0 Å². The Balaban J connectivity index is 2.60. The van der Waals surface area contributed by atoms with E-state index in [2.05, 4.69) is 68.1 Å². The molecule has 35 heteroatoms. The van der Waals surface area contributed by atoms with Crippen LogP contribution in [0.1, 0.15) is 157 Å². The van der Waals surface area contributed by atoms with Gasteiger partial charge in [0.2, 0.25) is 65.0 Å². The minimum absolute atomic E-state index is 0.00256. The summed E-state index contributed by atoms with van der Waals surface area (Å²) in [6, 6.07) is -3.88. The molecule has 27 N–H and O–H groups in total. The predicted octanol–water partition coefficient (Wildman–Crippen LogP) is -3.78. The molecule has 0 radical (unpaired) electrons. The quantitative estimate of drug-likeness (QED) is 0.0169. The van der Waals surface area contributed by atoms with Crippen molar-refractivity contribution in [1.29, 1.82) is 0 Å². The van der Waals surface area contributed by atoms with Gasteiger partial charge >= 0.3 is 5.97 Å². The van der Waals surface area contributed by atoms with E-state index in [4.69, 9.17) is 51.0 Å². The maximum absolute atomic E-state index is 14.8. The standard InChI is InChI=1S/C66H116N22O13/c1-9-40(8)53(87-58(96)45(24-17-29-77-66(73)74)81-61(99)50-25-18-30-88(50)63(101)46(21-13-14-26-67)83-59(97)47(32-38(4)5)84-54(92)42(68)31-37(2)3)62(100)82-44(23-16-28-76-65(71)72)56(94)80-43(22-15-27-75-64(69)70)57(95)85-48(33-39(6)7)60(98)86-49(34-41-19-11-10-12-20-41)55(93)79-35-51(89)78-36-52(90)91/h10-12,19-20,37-40,42-50,53H,9,13-18,21-36,67-68H2,1-8H3,(H,78,89)(H,79,93)(H,80,94)(H,81,99)(H,82,100)(H,83,97)(H,84,92)(H,85,95)(H,86,98)(H,87,96)(H,90,91)(H4,69,70,75)(H4,71,72,76)(H4,73,74,77)/t40-,42-,43-,44-,45-,46-,47-,48-,49-,50-,53-/m0/s1. The molecule has 0 bridgehead atoms. The summed E-state index contributed by atoms with van der Waals surface area (Å²) in [6.07, 6.45) is 2.52. The van der Waals surface area contributed by atoms with Crippen molar-refractivity contribution in [1.82, 2.24) is 58.1 Å². The van der Waals surface area contributed by atoms with Gasteiger partial charge in [0.05, 0.1) is 12.6 Å². The summed E-state index contributed by atoms with van der Waals surface area (Å²) < 4.78 is 0. The summed E-state index contributed by atoms with van der Waals surface area (Å²) >= 11 is 0. The average Bonchev–Trinajstić information content (AvgIpc) is 1.77. The van der Waals surface area contributed by atoms with Crippen LogP contribution in [0.5, 0.6) is 0 Å². The number of unbranched alkanes of at least 4 members (excludes halogenated alkanes) is 1. The molecule has 35 nitrogen and oxygen atoms in total. The van der Waals surface area contributed by atoms with Gasteiger partial charge in [-0.15, -0.1) is 0 Å². The third-order valence-corrected chi connectivity index (χ3v) is 16.4. The van der Waals surface area contributed by atoms with E-state index in [0.717, 1.165) is 0 Å². The number of rotatable bonds is 48. The lowest BCUT2D eigenvalue weighted by Gasteiger charge is -2.32. The summed E-state index contributed by atoms with van der Waals surface area (Å²) in [6.45, 7) is 13.7. The number of hydrogen-bond donors (Lipinski definition) is 19. The van der Waals surface area contributed by atoms with Crippen molar-refractivity contribution in [3.63, 3.8) is 0 Å². The van der Waals surface area contributed by atoms with Gasteiger partial charge in [-0.3, -0.25) is 72.5 Å². The third-order valence-electron chi connectivity index (χ3n) is 16.4. The third kappa shape index (κ3) is 35.0. The second-order valence-corrected chi connectivity index (χ2v) is 26.7. The smallest absolute Gasteiger partial charge is 0.322 e. The van der Waals surface area contributed by atoms with Crippen LogP contribution in [-0.2, 0) is 64.0 Å². The van der Waals surface area contributed by atoms with E-state index in [0.29, 0.717) is 44.2 Å². The highest BCUT2D eigenvalue weighted by molar-refractivity contribution is 5.99. The fourth-order valence-electron chi connectivity index (χ4n) is 11.0. The molecule has 1 aromatic rings. The number of nitrogens with zero attached hydrogens (tertiary/aromatic N) is 4. The zero-order chi connectivity index (χ0) is 75.9. The topological polar surface area (TPSA) is 594 Å². The van der Waals surface area contributed by atoms with Crippen LogP contribution in [0.25, 0.3) is 0 Å². The molecule has 0 spiro atoms. The van der Waals surface area contributed by atoms with Gasteiger partial charge in [0.25, 0.3) is 0 Å². The Kier molecular flexibility index (Phi) is 40.7. The van der Waals surface area contributed by atoms with E-state index in [9.17, 15) is 57.5 Å². The van der Waals surface area contributed by atoms with E-state index in [1.807, 2.05) is 27.7 Å². The Labute approximate surface area is 592 Å². The highest BCUT2D eigenvalue weighted by Crippen LogP contribution is 2.22. The van der Waals surface area contributed by atoms with Crippen LogP contribution in [0, 0.1) is 23.7 Å². The van der Waals surface area contributed by atoms with Gasteiger partial charge in [0, 0.05) is 32.6 Å². The fraction of sp³-hybridized carbons (Fsp3) is 0.682. The Morgan fingerprint density at radius 3 is 1.42 bits per heavy atom. The second kappa shape index (κ2) is 46.8. The number of nitrogens with two attached hydrogens (primary N) is 8. The molecule has 11 atom stereocenters. The molecular weight excluding hydrogens is 1310 g/mol. The van der Waals surface area contributed by atoms with Gasteiger partial charge in [0.1, 0.15) is 60.9 Å². The molecule has 1 aliphatic rings. The molecule has 0 aliphatic carbocycles. The number of benzene rings is 1. The first-order valence-electron chi connectivity index (χ1n) is 34.8. The second-order valence-electron chi connectivity index (χ2n) is 26.7. The average molecular weight is 1430 g/mol. The van der Waals surface area contributed by atoms with Gasteiger partial charge in [-0.25, -0.2) is 0 Å². The number of aliphatic imine (C=N–C) groups is 3. The summed E-state index contributed by atoms with van der Waals surface area (Å²) in [7, 11) is 0. The highest BCUT2D eigenvalue weighted by atomic mass is 16.4. The number of nitrogens with one attached hydrogen (secondary N) is 10. The SMILES string of the molecule is CC[C@H](C)[C@H](NC(=O)[C@H](CCCN=C(N)N)NC(=O)[C@@H]1CCCN1C(=O)[C@H](CCCCN)NC(=O)[C@H](CC(C)C)NC(=O)[C@@H](N)CC(C)C)C(=O)N[C@@H](CCCN=C(N)N)C(=O)N[C@@H](CCCN=C(N)N)C(=O)N[C@@H](CC(C)C)C(=O)N[C@@H](Cc1ccccc1)C(=O)NCC(=O)NCC(=O)O. The number of carboxylic acids is 1. The molecule has 568 valence electrons. The summed E-state index contributed by atoms with van der Waals surface area (Å²) in [5, 5.41) is 35.7. The number of carbonyl (C=O) groups is 12. The van der Waals surface area contributed by atoms with Gasteiger partial charge in [-0.2, -0.15) is 0 Å². The number of carbonyl (C=O) groups excluding carboxylic acids is 11. The minimum atomic E-state index is -1.45. The number of likely N-dealkylation sites (tertiary alicyclic amines) is 1. The fourth-order valence-corrected chi connectivity index (χ4v) is 11.0. The lowest BCUT2D eigenvalue weighted by atomic mass is 9.96. The molecule has 0 unspecified atom stereocenters. The molecular formula is C66H116N22O13. The predicted molar refractivity (Wildman–Crippen MR) is 382 cm³/mol. The summed E-state index contributed by atoms with van der Waals surface area (Å²) in [5.74, 6) is -11.1. The largest absolute Gasteiger partial charge is 0.480 e. The van der Waals surface area contributed by atoms with Crippen LogP contribution in [0.2, 0.25) is 0 Å². The van der Waals surface area contributed by atoms with Gasteiger partial charge in [0.15, 0.2) is 17.9 Å². The highest BCUT2D eigenvalue weighted by Gasteiger charge is 2.41. The molecule has 1 aromatic carbocycles. The first-order chi connectivity index (χ1) is 47.7. The van der Waals surface area contributed by atoms with E-state index in [1.54, 1.807) is 58.0 Å². The van der Waals surface area contributed by atoms with E-state index >= 15 is 0 Å².